The van der Waals surface area contributed by atoms with E-state index in [0.29, 0.717) is 11.6 Å². The standard InChI is InChI=1S/C26H28N6O/c1-19(20-6-4-3-5-7-20)32-24(33)13-8-21-18-27-26(29-25(21)32)28-22-9-11-23(12-10-22)31-16-14-30(2)15-17-31/h3-13,18-19H,14-17H2,1-2H3,(H,27,28,29). The number of rotatable bonds is 5. The Balaban J connectivity index is 1.42. The van der Waals surface area contributed by atoms with Crippen molar-refractivity contribution in [2.24, 2.45) is 0 Å². The molecule has 0 amide bonds. The van der Waals surface area contributed by atoms with E-state index in [0.717, 1.165) is 42.8 Å². The summed E-state index contributed by atoms with van der Waals surface area (Å²) in [6, 6.07) is 21.6. The zero-order valence-corrected chi connectivity index (χ0v) is 19.0. The van der Waals surface area contributed by atoms with Gasteiger partial charge in [0.15, 0.2) is 0 Å². The SMILES string of the molecule is CC(c1ccccc1)n1c(=O)ccc2cnc(Nc3ccc(N4CCN(C)CC4)cc3)nc21. The molecular formula is C26H28N6O. The van der Waals surface area contributed by atoms with E-state index in [1.807, 2.05) is 49.4 Å². The smallest absolute Gasteiger partial charge is 0.252 e. The molecule has 1 unspecified atom stereocenters. The van der Waals surface area contributed by atoms with Crippen molar-refractivity contribution in [1.82, 2.24) is 19.4 Å². The Kier molecular flexibility index (Phi) is 5.79. The van der Waals surface area contributed by atoms with Gasteiger partial charge in [-0.15, -0.1) is 0 Å². The third kappa shape index (κ3) is 4.45. The first-order valence-corrected chi connectivity index (χ1v) is 11.3. The molecule has 0 spiro atoms. The number of nitrogens with zero attached hydrogens (tertiary/aromatic N) is 5. The summed E-state index contributed by atoms with van der Waals surface area (Å²) in [5.41, 5.74) is 3.72. The molecule has 1 saturated heterocycles. The summed E-state index contributed by atoms with van der Waals surface area (Å²) in [6.07, 6.45) is 1.76. The largest absolute Gasteiger partial charge is 0.369 e. The van der Waals surface area contributed by atoms with Crippen LogP contribution in [0.5, 0.6) is 0 Å². The van der Waals surface area contributed by atoms with E-state index in [4.69, 9.17) is 4.98 Å². The van der Waals surface area contributed by atoms with Gasteiger partial charge in [0.1, 0.15) is 5.65 Å². The average Bonchev–Trinajstić information content (AvgIpc) is 2.85. The molecule has 5 rings (SSSR count). The number of nitrogens with one attached hydrogen (secondary N) is 1. The van der Waals surface area contributed by atoms with E-state index in [2.05, 4.69) is 39.3 Å². The van der Waals surface area contributed by atoms with E-state index in [1.165, 1.54) is 5.69 Å². The third-order valence-corrected chi connectivity index (χ3v) is 6.33. The molecule has 2 aromatic carbocycles. The summed E-state index contributed by atoms with van der Waals surface area (Å²) in [5.74, 6) is 0.467. The van der Waals surface area contributed by atoms with Crippen molar-refractivity contribution in [3.8, 4) is 0 Å². The number of pyridine rings is 1. The van der Waals surface area contributed by atoms with Crippen LogP contribution in [0, 0.1) is 0 Å². The molecule has 168 valence electrons. The van der Waals surface area contributed by atoms with Crippen LogP contribution in [0.2, 0.25) is 0 Å². The number of anilines is 3. The maximum Gasteiger partial charge on any atom is 0.252 e. The second-order valence-corrected chi connectivity index (χ2v) is 8.56. The van der Waals surface area contributed by atoms with Gasteiger partial charge in [-0.25, -0.2) is 4.98 Å². The van der Waals surface area contributed by atoms with Crippen molar-refractivity contribution < 1.29 is 0 Å². The Morgan fingerprint density at radius 3 is 2.36 bits per heavy atom. The topological polar surface area (TPSA) is 66.3 Å². The lowest BCUT2D eigenvalue weighted by Gasteiger charge is -2.34. The molecule has 0 saturated carbocycles. The third-order valence-electron chi connectivity index (χ3n) is 6.33. The van der Waals surface area contributed by atoms with Gasteiger partial charge in [-0.2, -0.15) is 4.98 Å². The summed E-state index contributed by atoms with van der Waals surface area (Å²) >= 11 is 0. The molecule has 7 nitrogen and oxygen atoms in total. The number of fused-ring (bicyclic) bond motifs is 1. The van der Waals surface area contributed by atoms with Gasteiger partial charge in [0.2, 0.25) is 5.95 Å². The molecule has 33 heavy (non-hydrogen) atoms. The van der Waals surface area contributed by atoms with Gasteiger partial charge in [0.05, 0.1) is 6.04 Å². The molecule has 0 bridgehead atoms. The highest BCUT2D eigenvalue weighted by Gasteiger charge is 2.16. The minimum atomic E-state index is -0.145. The number of hydrogen-bond donors (Lipinski definition) is 1. The van der Waals surface area contributed by atoms with Gasteiger partial charge < -0.3 is 15.1 Å². The van der Waals surface area contributed by atoms with Gasteiger partial charge in [0, 0.05) is 55.2 Å². The average molecular weight is 441 g/mol. The second kappa shape index (κ2) is 9.03. The monoisotopic (exact) mass is 440 g/mol. The molecule has 2 aromatic heterocycles. The first-order chi connectivity index (χ1) is 16.1. The summed E-state index contributed by atoms with van der Waals surface area (Å²) in [4.78, 5) is 26.7. The molecule has 1 N–H and O–H groups in total. The zero-order chi connectivity index (χ0) is 22.8. The minimum Gasteiger partial charge on any atom is -0.369 e. The highest BCUT2D eigenvalue weighted by Crippen LogP contribution is 2.23. The van der Waals surface area contributed by atoms with Crippen LogP contribution in [-0.2, 0) is 0 Å². The maximum absolute atomic E-state index is 12.8. The quantitative estimate of drug-likeness (QED) is 0.508. The van der Waals surface area contributed by atoms with Crippen molar-refractivity contribution in [3.05, 3.63) is 88.8 Å². The van der Waals surface area contributed by atoms with Crippen LogP contribution >= 0.6 is 0 Å². The first kappa shape index (κ1) is 21.2. The lowest BCUT2D eigenvalue weighted by molar-refractivity contribution is 0.313. The highest BCUT2D eigenvalue weighted by molar-refractivity contribution is 5.76. The molecule has 0 radical (unpaired) electrons. The van der Waals surface area contributed by atoms with Gasteiger partial charge >= 0.3 is 0 Å². The fourth-order valence-corrected chi connectivity index (χ4v) is 4.30. The Bertz CT molecular complexity index is 1290. The first-order valence-electron chi connectivity index (χ1n) is 11.3. The van der Waals surface area contributed by atoms with Crippen LogP contribution in [0.4, 0.5) is 17.3 Å². The van der Waals surface area contributed by atoms with Crippen LogP contribution in [0.1, 0.15) is 18.5 Å². The van der Waals surface area contributed by atoms with Crippen molar-refractivity contribution in [3.63, 3.8) is 0 Å². The Morgan fingerprint density at radius 2 is 1.64 bits per heavy atom. The van der Waals surface area contributed by atoms with Gasteiger partial charge in [-0.3, -0.25) is 9.36 Å². The summed E-state index contributed by atoms with van der Waals surface area (Å²) in [6.45, 7) is 6.24. The zero-order valence-electron chi connectivity index (χ0n) is 19.0. The van der Waals surface area contributed by atoms with E-state index in [-0.39, 0.29) is 11.6 Å². The second-order valence-electron chi connectivity index (χ2n) is 8.56. The van der Waals surface area contributed by atoms with Crippen LogP contribution in [0.25, 0.3) is 11.0 Å². The van der Waals surface area contributed by atoms with Crippen LogP contribution < -0.4 is 15.8 Å². The van der Waals surface area contributed by atoms with Crippen molar-refractivity contribution >= 4 is 28.4 Å². The Hall–Kier alpha value is -3.71. The Morgan fingerprint density at radius 1 is 0.909 bits per heavy atom. The lowest BCUT2D eigenvalue weighted by Crippen LogP contribution is -2.44. The molecule has 1 aliphatic heterocycles. The predicted octanol–water partition coefficient (Wildman–Crippen LogP) is 3.90. The summed E-state index contributed by atoms with van der Waals surface area (Å²) in [7, 11) is 2.16. The van der Waals surface area contributed by atoms with Crippen molar-refractivity contribution in [2.45, 2.75) is 13.0 Å². The van der Waals surface area contributed by atoms with Crippen LogP contribution in [-0.4, -0.2) is 52.7 Å². The number of hydrogen-bond acceptors (Lipinski definition) is 6. The molecule has 0 aliphatic carbocycles. The van der Waals surface area contributed by atoms with E-state index in [9.17, 15) is 4.79 Å². The van der Waals surface area contributed by atoms with E-state index < -0.39 is 0 Å². The fraction of sp³-hybridized carbons (Fsp3) is 0.269. The number of likely N-dealkylation sites (N-methyl/N-ethyl adjacent to an activating group) is 1. The molecule has 1 fully saturated rings. The molecule has 4 aromatic rings. The number of piperazine rings is 1. The van der Waals surface area contributed by atoms with Gasteiger partial charge in [-0.05, 0) is 49.9 Å². The van der Waals surface area contributed by atoms with Crippen molar-refractivity contribution in [1.29, 1.82) is 0 Å². The number of aromatic nitrogens is 3. The number of benzene rings is 2. The Labute approximate surface area is 193 Å². The molecule has 1 aliphatic rings. The fourth-order valence-electron chi connectivity index (χ4n) is 4.30. The minimum absolute atomic E-state index is 0.0833. The lowest BCUT2D eigenvalue weighted by atomic mass is 10.1. The van der Waals surface area contributed by atoms with Crippen molar-refractivity contribution in [2.75, 3.05) is 43.4 Å². The summed E-state index contributed by atoms with van der Waals surface area (Å²) in [5, 5.41) is 4.12. The van der Waals surface area contributed by atoms with Gasteiger partial charge in [0.25, 0.3) is 5.56 Å². The molecular weight excluding hydrogens is 412 g/mol. The van der Waals surface area contributed by atoms with Gasteiger partial charge in [-0.1, -0.05) is 30.3 Å². The predicted molar refractivity (Wildman–Crippen MR) is 133 cm³/mol. The van der Waals surface area contributed by atoms with E-state index in [1.54, 1.807) is 22.9 Å². The maximum atomic E-state index is 12.8. The summed E-state index contributed by atoms with van der Waals surface area (Å²) < 4.78 is 1.73. The molecule has 3 heterocycles. The van der Waals surface area contributed by atoms with Crippen LogP contribution in [0.15, 0.2) is 77.7 Å². The molecule has 1 atom stereocenters. The normalized spacial score (nSPS) is 15.5. The van der Waals surface area contributed by atoms with Crippen LogP contribution in [0.3, 0.4) is 0 Å². The molecule has 7 heteroatoms. The highest BCUT2D eigenvalue weighted by atomic mass is 16.1. The van der Waals surface area contributed by atoms with E-state index >= 15 is 0 Å².